The van der Waals surface area contributed by atoms with Crippen molar-refractivity contribution in [1.82, 2.24) is 9.88 Å². The second-order valence-corrected chi connectivity index (χ2v) is 5.64. The van der Waals surface area contributed by atoms with Gasteiger partial charge in [-0.2, -0.15) is 0 Å². The van der Waals surface area contributed by atoms with Gasteiger partial charge in [-0.3, -0.25) is 4.79 Å². The Morgan fingerprint density at radius 1 is 1.61 bits per heavy atom. The molecule has 18 heavy (non-hydrogen) atoms. The second kappa shape index (κ2) is 5.51. The summed E-state index contributed by atoms with van der Waals surface area (Å²) in [6.45, 7) is 3.45. The van der Waals surface area contributed by atoms with Gasteiger partial charge in [0, 0.05) is 19.1 Å². The number of likely N-dealkylation sites (tertiary alicyclic amines) is 1. The zero-order chi connectivity index (χ0) is 13.3. The van der Waals surface area contributed by atoms with Gasteiger partial charge in [-0.25, -0.2) is 0 Å². The van der Waals surface area contributed by atoms with Crippen LogP contribution in [0.25, 0.3) is 0 Å². The lowest BCUT2D eigenvalue weighted by Gasteiger charge is -2.34. The molecule has 0 saturated carbocycles. The van der Waals surface area contributed by atoms with E-state index in [0.29, 0.717) is 28.3 Å². The minimum absolute atomic E-state index is 0.0610. The minimum atomic E-state index is -0.0610. The second-order valence-electron chi connectivity index (χ2n) is 4.86. The van der Waals surface area contributed by atoms with Crippen molar-refractivity contribution >= 4 is 29.1 Å². The molecule has 2 heterocycles. The lowest BCUT2D eigenvalue weighted by atomic mass is 9.92. The molecule has 0 spiro atoms. The molecule has 1 fully saturated rings. The van der Waals surface area contributed by atoms with Gasteiger partial charge in [0.05, 0.1) is 5.02 Å². The quantitative estimate of drug-likeness (QED) is 0.879. The first kappa shape index (κ1) is 13.7. The van der Waals surface area contributed by atoms with Crippen LogP contribution in [0, 0.1) is 5.92 Å². The predicted octanol–water partition coefficient (Wildman–Crippen LogP) is 2.52. The van der Waals surface area contributed by atoms with Crippen LogP contribution in [-0.4, -0.2) is 34.9 Å². The zero-order valence-electron chi connectivity index (χ0n) is 10.2. The number of H-pyrrole nitrogens is 1. The predicted molar refractivity (Wildman–Crippen MR) is 73.1 cm³/mol. The molecule has 1 aromatic heterocycles. The van der Waals surface area contributed by atoms with E-state index in [4.69, 9.17) is 28.9 Å². The monoisotopic (exact) mass is 289 g/mol. The average molecular weight is 290 g/mol. The van der Waals surface area contributed by atoms with E-state index in [1.807, 2.05) is 11.8 Å². The number of nitrogens with two attached hydrogens (primary N) is 1. The highest BCUT2D eigenvalue weighted by Gasteiger charge is 2.27. The van der Waals surface area contributed by atoms with E-state index in [9.17, 15) is 4.79 Å². The third-order valence-corrected chi connectivity index (χ3v) is 4.14. The number of piperidine rings is 1. The number of hydrogen-bond donors (Lipinski definition) is 2. The van der Waals surface area contributed by atoms with Gasteiger partial charge in [0.15, 0.2) is 0 Å². The molecular formula is C12H17Cl2N3O. The minimum Gasteiger partial charge on any atom is -0.340 e. The van der Waals surface area contributed by atoms with Crippen LogP contribution in [-0.2, 0) is 0 Å². The van der Waals surface area contributed by atoms with Crippen molar-refractivity contribution < 1.29 is 4.79 Å². The Hall–Kier alpha value is -0.710. The molecule has 0 aliphatic carbocycles. The maximum atomic E-state index is 12.3. The Kier molecular flexibility index (Phi) is 4.20. The number of nitrogens with one attached hydrogen (secondary N) is 1. The Labute approximate surface area is 116 Å². The van der Waals surface area contributed by atoms with Gasteiger partial charge in [0.2, 0.25) is 0 Å². The molecule has 100 valence electrons. The fourth-order valence-corrected chi connectivity index (χ4v) is 2.63. The standard InChI is InChI=1S/C12H17Cl2N3O/c1-7(15)8-3-2-4-17(6-8)12(18)10-5-9(13)11(14)16-10/h5,7-8,16H,2-4,6,15H2,1H3/t7-,8+/m0/s1. The number of halogens is 2. The highest BCUT2D eigenvalue weighted by molar-refractivity contribution is 6.41. The van der Waals surface area contributed by atoms with Crippen molar-refractivity contribution in [2.45, 2.75) is 25.8 Å². The summed E-state index contributed by atoms with van der Waals surface area (Å²) in [5.41, 5.74) is 6.35. The van der Waals surface area contributed by atoms with Crippen LogP contribution < -0.4 is 5.73 Å². The number of rotatable bonds is 2. The van der Waals surface area contributed by atoms with Crippen molar-refractivity contribution in [1.29, 1.82) is 0 Å². The molecule has 0 bridgehead atoms. The molecule has 1 amide bonds. The summed E-state index contributed by atoms with van der Waals surface area (Å²) in [5.74, 6) is 0.303. The highest BCUT2D eigenvalue weighted by atomic mass is 35.5. The topological polar surface area (TPSA) is 62.1 Å². The van der Waals surface area contributed by atoms with Crippen molar-refractivity contribution in [2.24, 2.45) is 11.7 Å². The zero-order valence-corrected chi connectivity index (χ0v) is 11.8. The largest absolute Gasteiger partial charge is 0.340 e. The molecule has 1 saturated heterocycles. The van der Waals surface area contributed by atoms with Crippen molar-refractivity contribution in [3.05, 3.63) is 21.9 Å². The third-order valence-electron chi connectivity index (χ3n) is 3.44. The molecule has 0 radical (unpaired) electrons. The number of carbonyl (C=O) groups excluding carboxylic acids is 1. The van der Waals surface area contributed by atoms with Crippen LogP contribution in [0.2, 0.25) is 10.2 Å². The fraction of sp³-hybridized carbons (Fsp3) is 0.583. The molecule has 3 N–H and O–H groups in total. The summed E-state index contributed by atoms with van der Waals surface area (Å²) in [7, 11) is 0. The molecule has 4 nitrogen and oxygen atoms in total. The summed E-state index contributed by atoms with van der Waals surface area (Å²) in [6, 6.07) is 1.68. The Morgan fingerprint density at radius 2 is 2.33 bits per heavy atom. The molecular weight excluding hydrogens is 273 g/mol. The Balaban J connectivity index is 2.09. The summed E-state index contributed by atoms with van der Waals surface area (Å²) < 4.78 is 0. The van der Waals surface area contributed by atoms with E-state index in [1.165, 1.54) is 0 Å². The number of aromatic amines is 1. The maximum absolute atomic E-state index is 12.3. The molecule has 6 heteroatoms. The van der Waals surface area contributed by atoms with Gasteiger partial charge in [-0.05, 0) is 31.7 Å². The van der Waals surface area contributed by atoms with Crippen LogP contribution in [0.15, 0.2) is 6.07 Å². The molecule has 1 aliphatic heterocycles. The Morgan fingerprint density at radius 3 is 2.89 bits per heavy atom. The number of carbonyl (C=O) groups is 1. The SMILES string of the molecule is C[C@H](N)[C@@H]1CCCN(C(=O)c2cc(Cl)c(Cl)[nH]2)C1. The molecule has 1 aliphatic rings. The van der Waals surface area contributed by atoms with E-state index in [1.54, 1.807) is 6.07 Å². The third kappa shape index (κ3) is 2.82. The van der Waals surface area contributed by atoms with Gasteiger partial charge < -0.3 is 15.6 Å². The number of aromatic nitrogens is 1. The van der Waals surface area contributed by atoms with E-state index in [2.05, 4.69) is 4.98 Å². The fourth-order valence-electron chi connectivity index (χ4n) is 2.31. The molecule has 0 unspecified atom stereocenters. The Bertz CT molecular complexity index is 425. The van der Waals surface area contributed by atoms with Crippen molar-refractivity contribution in [2.75, 3.05) is 13.1 Å². The van der Waals surface area contributed by atoms with Gasteiger partial charge in [-0.1, -0.05) is 23.2 Å². The number of nitrogens with zero attached hydrogens (tertiary/aromatic N) is 1. The van der Waals surface area contributed by atoms with Crippen LogP contribution in [0.1, 0.15) is 30.3 Å². The van der Waals surface area contributed by atoms with E-state index in [-0.39, 0.29) is 11.9 Å². The highest BCUT2D eigenvalue weighted by Crippen LogP contribution is 2.25. The maximum Gasteiger partial charge on any atom is 0.270 e. The smallest absolute Gasteiger partial charge is 0.270 e. The number of hydrogen-bond acceptors (Lipinski definition) is 2. The van der Waals surface area contributed by atoms with Crippen LogP contribution in [0.5, 0.6) is 0 Å². The molecule has 1 aromatic rings. The van der Waals surface area contributed by atoms with E-state index in [0.717, 1.165) is 19.4 Å². The lowest BCUT2D eigenvalue weighted by molar-refractivity contribution is 0.0655. The van der Waals surface area contributed by atoms with Gasteiger partial charge in [0.1, 0.15) is 10.8 Å². The summed E-state index contributed by atoms with van der Waals surface area (Å²) >= 11 is 11.7. The van der Waals surface area contributed by atoms with Gasteiger partial charge >= 0.3 is 0 Å². The van der Waals surface area contributed by atoms with E-state index < -0.39 is 0 Å². The van der Waals surface area contributed by atoms with Crippen LogP contribution >= 0.6 is 23.2 Å². The number of amides is 1. The molecule has 2 atom stereocenters. The van der Waals surface area contributed by atoms with Crippen LogP contribution in [0.3, 0.4) is 0 Å². The van der Waals surface area contributed by atoms with Crippen molar-refractivity contribution in [3.63, 3.8) is 0 Å². The summed E-state index contributed by atoms with van der Waals surface area (Å²) in [6.07, 6.45) is 2.06. The summed E-state index contributed by atoms with van der Waals surface area (Å²) in [5, 5.41) is 0.682. The molecule has 2 rings (SSSR count). The lowest BCUT2D eigenvalue weighted by Crippen LogP contribution is -2.45. The van der Waals surface area contributed by atoms with Crippen LogP contribution in [0.4, 0.5) is 0 Å². The van der Waals surface area contributed by atoms with Crippen molar-refractivity contribution in [3.8, 4) is 0 Å². The average Bonchev–Trinajstić information content (AvgIpc) is 2.69. The van der Waals surface area contributed by atoms with Gasteiger partial charge in [-0.15, -0.1) is 0 Å². The van der Waals surface area contributed by atoms with Gasteiger partial charge in [0.25, 0.3) is 5.91 Å². The summed E-state index contributed by atoms with van der Waals surface area (Å²) in [4.78, 5) is 16.9. The normalized spacial score (nSPS) is 22.0. The molecule has 0 aromatic carbocycles. The first-order valence-electron chi connectivity index (χ1n) is 6.08. The first-order chi connectivity index (χ1) is 8.49. The first-order valence-corrected chi connectivity index (χ1v) is 6.83. The van der Waals surface area contributed by atoms with E-state index >= 15 is 0 Å².